The van der Waals surface area contributed by atoms with Gasteiger partial charge in [-0.05, 0) is 31.6 Å². The summed E-state index contributed by atoms with van der Waals surface area (Å²) >= 11 is 0. The third kappa shape index (κ3) is 5.55. The second-order valence-electron chi connectivity index (χ2n) is 5.23. The number of nitrogens with one attached hydrogen (secondary N) is 1. The lowest BCUT2D eigenvalue weighted by Crippen LogP contribution is -2.38. The van der Waals surface area contributed by atoms with Crippen molar-refractivity contribution in [3.63, 3.8) is 0 Å². The average Bonchev–Trinajstić information content (AvgIpc) is 3.01. The maximum Gasteiger partial charge on any atom is 0.00696 e. The molecule has 1 rings (SSSR count). The fourth-order valence-corrected chi connectivity index (χ4v) is 2.45. The molecule has 1 aliphatic rings. The topological polar surface area (TPSA) is 12.0 Å². The molecule has 0 amide bonds. The Morgan fingerprint density at radius 1 is 1.00 bits per heavy atom. The van der Waals surface area contributed by atoms with Crippen molar-refractivity contribution in [3.8, 4) is 0 Å². The van der Waals surface area contributed by atoms with Crippen LogP contribution in [0.2, 0.25) is 0 Å². The van der Waals surface area contributed by atoms with Gasteiger partial charge in [0.05, 0.1) is 0 Å². The molecule has 0 spiro atoms. The van der Waals surface area contributed by atoms with Crippen molar-refractivity contribution in [1.29, 1.82) is 0 Å². The summed E-state index contributed by atoms with van der Waals surface area (Å²) in [5, 5.41) is 3.88. The largest absolute Gasteiger partial charge is 0.311 e. The minimum Gasteiger partial charge on any atom is -0.311 e. The van der Waals surface area contributed by atoms with Crippen molar-refractivity contribution in [3.05, 3.63) is 0 Å². The SMILES string of the molecule is CCCC(CCC)NC(CC)CC1CC1. The molecule has 1 atom stereocenters. The molecular formula is C14H29N. The normalized spacial score (nSPS) is 18.4. The van der Waals surface area contributed by atoms with Crippen LogP contribution in [0.4, 0.5) is 0 Å². The third-order valence-electron chi connectivity index (χ3n) is 3.55. The van der Waals surface area contributed by atoms with Crippen molar-refractivity contribution >= 4 is 0 Å². The van der Waals surface area contributed by atoms with Gasteiger partial charge in [-0.25, -0.2) is 0 Å². The highest BCUT2D eigenvalue weighted by atomic mass is 14.9. The fourth-order valence-electron chi connectivity index (χ4n) is 2.45. The van der Waals surface area contributed by atoms with E-state index in [2.05, 4.69) is 26.1 Å². The van der Waals surface area contributed by atoms with E-state index in [-0.39, 0.29) is 0 Å². The first-order chi connectivity index (χ1) is 7.30. The lowest BCUT2D eigenvalue weighted by Gasteiger charge is -2.24. The van der Waals surface area contributed by atoms with Crippen LogP contribution in [0.25, 0.3) is 0 Å². The van der Waals surface area contributed by atoms with Crippen molar-refractivity contribution in [2.75, 3.05) is 0 Å². The lowest BCUT2D eigenvalue weighted by atomic mass is 10.0. The van der Waals surface area contributed by atoms with Crippen molar-refractivity contribution < 1.29 is 0 Å². The van der Waals surface area contributed by atoms with E-state index in [1.54, 1.807) is 0 Å². The highest BCUT2D eigenvalue weighted by Crippen LogP contribution is 2.34. The zero-order valence-electron chi connectivity index (χ0n) is 10.9. The predicted octanol–water partition coefficient (Wildman–Crippen LogP) is 4.12. The van der Waals surface area contributed by atoms with Crippen molar-refractivity contribution in [1.82, 2.24) is 5.32 Å². The van der Waals surface area contributed by atoms with Crippen LogP contribution in [0.3, 0.4) is 0 Å². The van der Waals surface area contributed by atoms with Gasteiger partial charge in [-0.2, -0.15) is 0 Å². The van der Waals surface area contributed by atoms with E-state index in [4.69, 9.17) is 0 Å². The summed E-state index contributed by atoms with van der Waals surface area (Å²) in [6.45, 7) is 6.92. The number of hydrogen-bond donors (Lipinski definition) is 1. The average molecular weight is 211 g/mol. The molecular weight excluding hydrogens is 182 g/mol. The zero-order chi connectivity index (χ0) is 11.1. The van der Waals surface area contributed by atoms with Gasteiger partial charge in [0.15, 0.2) is 0 Å². The van der Waals surface area contributed by atoms with Crippen LogP contribution in [0.1, 0.15) is 72.1 Å². The summed E-state index contributed by atoms with van der Waals surface area (Å²) in [4.78, 5) is 0. The van der Waals surface area contributed by atoms with Crippen LogP contribution >= 0.6 is 0 Å². The monoisotopic (exact) mass is 211 g/mol. The summed E-state index contributed by atoms with van der Waals surface area (Å²) in [6.07, 6.45) is 11.1. The van der Waals surface area contributed by atoms with Crippen molar-refractivity contribution in [2.45, 2.75) is 84.2 Å². The molecule has 0 aromatic heterocycles. The summed E-state index contributed by atoms with van der Waals surface area (Å²) < 4.78 is 0. The Labute approximate surface area is 96.0 Å². The summed E-state index contributed by atoms with van der Waals surface area (Å²) in [7, 11) is 0. The van der Waals surface area contributed by atoms with Crippen LogP contribution < -0.4 is 5.32 Å². The molecule has 1 fully saturated rings. The Hall–Kier alpha value is -0.0400. The van der Waals surface area contributed by atoms with Gasteiger partial charge in [0.25, 0.3) is 0 Å². The number of rotatable bonds is 9. The lowest BCUT2D eigenvalue weighted by molar-refractivity contribution is 0.353. The van der Waals surface area contributed by atoms with Gasteiger partial charge in [0, 0.05) is 12.1 Å². The van der Waals surface area contributed by atoms with Crippen LogP contribution in [-0.2, 0) is 0 Å². The first-order valence-corrected chi connectivity index (χ1v) is 7.06. The molecule has 15 heavy (non-hydrogen) atoms. The van der Waals surface area contributed by atoms with Crippen LogP contribution in [-0.4, -0.2) is 12.1 Å². The molecule has 0 aliphatic heterocycles. The Bertz CT molecular complexity index is 145. The number of hydrogen-bond acceptors (Lipinski definition) is 1. The molecule has 1 heteroatoms. The van der Waals surface area contributed by atoms with Gasteiger partial charge < -0.3 is 5.32 Å². The molecule has 1 saturated carbocycles. The Kier molecular flexibility index (Phi) is 6.31. The first kappa shape index (κ1) is 13.0. The van der Waals surface area contributed by atoms with Crippen LogP contribution in [0.15, 0.2) is 0 Å². The minimum atomic E-state index is 0.781. The third-order valence-corrected chi connectivity index (χ3v) is 3.55. The second-order valence-corrected chi connectivity index (χ2v) is 5.23. The molecule has 1 unspecified atom stereocenters. The van der Waals surface area contributed by atoms with Crippen LogP contribution in [0.5, 0.6) is 0 Å². The maximum atomic E-state index is 3.88. The maximum absolute atomic E-state index is 3.88. The second kappa shape index (κ2) is 7.27. The van der Waals surface area contributed by atoms with E-state index >= 15 is 0 Å². The molecule has 0 aromatic carbocycles. The molecule has 1 nitrogen and oxygen atoms in total. The highest BCUT2D eigenvalue weighted by molar-refractivity contribution is 4.81. The van der Waals surface area contributed by atoms with E-state index in [0.29, 0.717) is 0 Å². The van der Waals surface area contributed by atoms with Gasteiger partial charge in [-0.1, -0.05) is 46.5 Å². The van der Waals surface area contributed by atoms with Gasteiger partial charge in [0.1, 0.15) is 0 Å². The first-order valence-electron chi connectivity index (χ1n) is 7.06. The van der Waals surface area contributed by atoms with Gasteiger partial charge in [-0.3, -0.25) is 0 Å². The van der Waals surface area contributed by atoms with E-state index in [0.717, 1.165) is 18.0 Å². The quantitative estimate of drug-likeness (QED) is 0.605. The molecule has 90 valence electrons. The molecule has 1 aliphatic carbocycles. The molecule has 0 saturated heterocycles. The zero-order valence-corrected chi connectivity index (χ0v) is 10.9. The van der Waals surface area contributed by atoms with Crippen molar-refractivity contribution in [2.24, 2.45) is 5.92 Å². The Balaban J connectivity index is 2.24. The molecule has 0 aromatic rings. The van der Waals surface area contributed by atoms with E-state index in [1.807, 2.05) is 0 Å². The Morgan fingerprint density at radius 2 is 1.60 bits per heavy atom. The Morgan fingerprint density at radius 3 is 2.00 bits per heavy atom. The molecule has 1 N–H and O–H groups in total. The van der Waals surface area contributed by atoms with Gasteiger partial charge in [0.2, 0.25) is 0 Å². The predicted molar refractivity (Wildman–Crippen MR) is 68.2 cm³/mol. The van der Waals surface area contributed by atoms with Gasteiger partial charge >= 0.3 is 0 Å². The van der Waals surface area contributed by atoms with Crippen LogP contribution in [0, 0.1) is 5.92 Å². The van der Waals surface area contributed by atoms with E-state index < -0.39 is 0 Å². The highest BCUT2D eigenvalue weighted by Gasteiger charge is 2.25. The van der Waals surface area contributed by atoms with Gasteiger partial charge in [-0.15, -0.1) is 0 Å². The molecule has 0 heterocycles. The summed E-state index contributed by atoms with van der Waals surface area (Å²) in [6, 6.07) is 1.57. The molecule has 0 bridgehead atoms. The molecule has 0 radical (unpaired) electrons. The summed E-state index contributed by atoms with van der Waals surface area (Å²) in [5.41, 5.74) is 0. The smallest absolute Gasteiger partial charge is 0.00696 e. The summed E-state index contributed by atoms with van der Waals surface area (Å²) in [5.74, 6) is 1.06. The standard InChI is InChI=1S/C14H29N/c1-4-7-14(8-5-2)15-13(6-3)11-12-9-10-12/h12-15H,4-11H2,1-3H3. The fraction of sp³-hybridized carbons (Fsp3) is 1.00. The van der Waals surface area contributed by atoms with E-state index in [1.165, 1.54) is 51.4 Å². The minimum absolute atomic E-state index is 0.781. The van der Waals surface area contributed by atoms with E-state index in [9.17, 15) is 0 Å².